The summed E-state index contributed by atoms with van der Waals surface area (Å²) in [7, 11) is 0. The van der Waals surface area contributed by atoms with Gasteiger partial charge in [-0.3, -0.25) is 14.6 Å². The van der Waals surface area contributed by atoms with Crippen molar-refractivity contribution in [3.8, 4) is 0 Å². The minimum atomic E-state index is 0.0494. The Kier molecular flexibility index (Phi) is 5.53. The number of nitrogens with zero attached hydrogens (tertiary/aromatic N) is 3. The maximum atomic E-state index is 12.6. The van der Waals surface area contributed by atoms with Gasteiger partial charge in [0.1, 0.15) is 0 Å². The summed E-state index contributed by atoms with van der Waals surface area (Å²) in [4.78, 5) is 33.1. The molecule has 0 aromatic carbocycles. The molecule has 4 heterocycles. The molecule has 2 amide bonds. The molecule has 3 saturated heterocycles. The summed E-state index contributed by atoms with van der Waals surface area (Å²) >= 11 is 0. The van der Waals surface area contributed by atoms with Crippen molar-refractivity contribution in [2.75, 3.05) is 39.4 Å². The molecule has 1 aromatic heterocycles. The average Bonchev–Trinajstić information content (AvgIpc) is 3.27. The number of rotatable bonds is 4. The molecule has 0 N–H and O–H groups in total. The summed E-state index contributed by atoms with van der Waals surface area (Å²) in [6, 6.07) is 3.79. The first-order valence-corrected chi connectivity index (χ1v) is 9.91. The molecule has 0 bridgehead atoms. The normalized spacial score (nSPS) is 25.9. The number of fused-ring (bicyclic) bond motifs is 1. The highest BCUT2D eigenvalue weighted by Gasteiger charge is 2.42. The van der Waals surface area contributed by atoms with Gasteiger partial charge in [0.15, 0.2) is 0 Å². The lowest BCUT2D eigenvalue weighted by atomic mass is 9.96. The van der Waals surface area contributed by atoms with Gasteiger partial charge in [0.05, 0.1) is 0 Å². The Balaban J connectivity index is 1.26. The van der Waals surface area contributed by atoms with Crippen molar-refractivity contribution in [1.29, 1.82) is 0 Å². The number of pyridine rings is 1. The molecule has 144 valence electrons. The van der Waals surface area contributed by atoms with E-state index in [0.717, 1.165) is 57.8 Å². The maximum Gasteiger partial charge on any atom is 0.246 e. The zero-order valence-electron chi connectivity index (χ0n) is 15.6. The Hall–Kier alpha value is -2.21. The predicted octanol–water partition coefficient (Wildman–Crippen LogP) is 1.83. The van der Waals surface area contributed by atoms with Crippen molar-refractivity contribution in [3.05, 3.63) is 36.2 Å². The van der Waals surface area contributed by atoms with Crippen molar-refractivity contribution < 1.29 is 14.3 Å². The molecule has 1 aromatic rings. The van der Waals surface area contributed by atoms with Crippen molar-refractivity contribution in [1.82, 2.24) is 14.8 Å². The van der Waals surface area contributed by atoms with Crippen LogP contribution in [-0.2, 0) is 14.3 Å². The van der Waals surface area contributed by atoms with Gasteiger partial charge in [0.2, 0.25) is 11.8 Å². The van der Waals surface area contributed by atoms with E-state index in [2.05, 4.69) is 4.98 Å². The predicted molar refractivity (Wildman–Crippen MR) is 102 cm³/mol. The van der Waals surface area contributed by atoms with Gasteiger partial charge in [-0.15, -0.1) is 0 Å². The number of hydrogen-bond acceptors (Lipinski definition) is 4. The van der Waals surface area contributed by atoms with Crippen LogP contribution in [-0.4, -0.2) is 66.0 Å². The van der Waals surface area contributed by atoms with E-state index in [-0.39, 0.29) is 11.8 Å². The molecular formula is C21H27N3O3. The third-order valence-corrected chi connectivity index (χ3v) is 6.06. The fourth-order valence-corrected chi connectivity index (χ4v) is 4.45. The molecule has 0 aliphatic carbocycles. The number of aromatic nitrogens is 1. The smallest absolute Gasteiger partial charge is 0.246 e. The zero-order chi connectivity index (χ0) is 18.6. The lowest BCUT2D eigenvalue weighted by Gasteiger charge is -2.25. The van der Waals surface area contributed by atoms with E-state index in [0.29, 0.717) is 24.2 Å². The first-order valence-electron chi connectivity index (χ1n) is 9.91. The van der Waals surface area contributed by atoms with Crippen LogP contribution < -0.4 is 0 Å². The molecule has 6 heteroatoms. The van der Waals surface area contributed by atoms with Gasteiger partial charge in [0, 0.05) is 76.1 Å². The fourth-order valence-electron chi connectivity index (χ4n) is 4.45. The van der Waals surface area contributed by atoms with Gasteiger partial charge >= 0.3 is 0 Å². The number of likely N-dealkylation sites (tertiary alicyclic amines) is 2. The van der Waals surface area contributed by atoms with Crippen molar-refractivity contribution in [2.24, 2.45) is 17.8 Å². The minimum Gasteiger partial charge on any atom is -0.381 e. The quantitative estimate of drug-likeness (QED) is 0.760. The van der Waals surface area contributed by atoms with Gasteiger partial charge in [-0.25, -0.2) is 0 Å². The summed E-state index contributed by atoms with van der Waals surface area (Å²) in [6.07, 6.45) is 9.55. The molecular weight excluding hydrogens is 342 g/mol. The van der Waals surface area contributed by atoms with E-state index in [1.165, 1.54) is 0 Å². The van der Waals surface area contributed by atoms with Crippen LogP contribution in [0.25, 0.3) is 6.08 Å². The highest BCUT2D eigenvalue weighted by Crippen LogP contribution is 2.32. The molecule has 2 unspecified atom stereocenters. The molecule has 0 saturated carbocycles. The third kappa shape index (κ3) is 4.38. The molecule has 2 atom stereocenters. The zero-order valence-corrected chi connectivity index (χ0v) is 15.6. The lowest BCUT2D eigenvalue weighted by molar-refractivity contribution is -0.132. The Morgan fingerprint density at radius 3 is 2.48 bits per heavy atom. The molecule has 0 spiro atoms. The Labute approximate surface area is 160 Å². The molecule has 3 aliphatic heterocycles. The number of ether oxygens (including phenoxy) is 1. The van der Waals surface area contributed by atoms with E-state index < -0.39 is 0 Å². The Morgan fingerprint density at radius 2 is 1.81 bits per heavy atom. The van der Waals surface area contributed by atoms with Crippen LogP contribution in [0.15, 0.2) is 30.6 Å². The van der Waals surface area contributed by atoms with Gasteiger partial charge in [-0.1, -0.05) is 6.07 Å². The van der Waals surface area contributed by atoms with Crippen LogP contribution in [0, 0.1) is 17.8 Å². The van der Waals surface area contributed by atoms with Crippen LogP contribution in [0.5, 0.6) is 0 Å². The van der Waals surface area contributed by atoms with Crippen LogP contribution in [0.3, 0.4) is 0 Å². The molecule has 27 heavy (non-hydrogen) atoms. The van der Waals surface area contributed by atoms with Crippen LogP contribution in [0.2, 0.25) is 0 Å². The molecule has 6 nitrogen and oxygen atoms in total. The number of carbonyl (C=O) groups is 2. The summed E-state index contributed by atoms with van der Waals surface area (Å²) in [5.41, 5.74) is 0.926. The molecule has 3 aliphatic rings. The van der Waals surface area contributed by atoms with Crippen molar-refractivity contribution in [2.45, 2.75) is 19.3 Å². The van der Waals surface area contributed by atoms with E-state index in [1.807, 2.05) is 28.0 Å². The first kappa shape index (κ1) is 18.2. The number of hydrogen-bond donors (Lipinski definition) is 0. The topological polar surface area (TPSA) is 62.7 Å². The Morgan fingerprint density at radius 1 is 1.11 bits per heavy atom. The van der Waals surface area contributed by atoms with Gasteiger partial charge in [-0.2, -0.15) is 0 Å². The van der Waals surface area contributed by atoms with Gasteiger partial charge in [-0.05, 0) is 36.5 Å². The number of amides is 2. The van der Waals surface area contributed by atoms with Crippen LogP contribution in [0.1, 0.15) is 24.8 Å². The summed E-state index contributed by atoms with van der Waals surface area (Å²) in [6.45, 7) is 4.66. The Bertz CT molecular complexity index is 686. The maximum absolute atomic E-state index is 12.6. The second-order valence-corrected chi connectivity index (χ2v) is 7.94. The summed E-state index contributed by atoms with van der Waals surface area (Å²) < 4.78 is 5.38. The lowest BCUT2D eigenvalue weighted by Crippen LogP contribution is -2.36. The molecule has 0 radical (unpaired) electrons. The SMILES string of the molecule is O=C(/C=C/c1cccnc1)N1CC2CN(C(=O)CC3CCOCC3)CC2C1. The second-order valence-electron chi connectivity index (χ2n) is 7.94. The van der Waals surface area contributed by atoms with Crippen molar-refractivity contribution >= 4 is 17.9 Å². The van der Waals surface area contributed by atoms with Crippen LogP contribution in [0.4, 0.5) is 0 Å². The van der Waals surface area contributed by atoms with E-state index in [9.17, 15) is 9.59 Å². The highest BCUT2D eigenvalue weighted by molar-refractivity contribution is 5.92. The third-order valence-electron chi connectivity index (χ3n) is 6.06. The highest BCUT2D eigenvalue weighted by atomic mass is 16.5. The fraction of sp³-hybridized carbons (Fsp3) is 0.571. The number of carbonyl (C=O) groups excluding carboxylic acids is 2. The minimum absolute atomic E-state index is 0.0494. The molecule has 3 fully saturated rings. The molecule has 4 rings (SSSR count). The van der Waals surface area contributed by atoms with Crippen LogP contribution >= 0.6 is 0 Å². The monoisotopic (exact) mass is 369 g/mol. The standard InChI is InChI=1S/C21H27N3O3/c25-20(4-3-17-2-1-7-22-11-17)23-12-18-14-24(15-19(18)13-23)21(26)10-16-5-8-27-9-6-16/h1-4,7,11,16,18-19H,5-6,8-10,12-15H2/b4-3+. The first-order chi connectivity index (χ1) is 13.2. The van der Waals surface area contributed by atoms with E-state index in [4.69, 9.17) is 4.74 Å². The average molecular weight is 369 g/mol. The summed E-state index contributed by atoms with van der Waals surface area (Å²) in [5.74, 6) is 1.64. The second kappa shape index (κ2) is 8.21. The van der Waals surface area contributed by atoms with Crippen molar-refractivity contribution in [3.63, 3.8) is 0 Å². The summed E-state index contributed by atoms with van der Waals surface area (Å²) in [5, 5.41) is 0. The van der Waals surface area contributed by atoms with Gasteiger partial charge < -0.3 is 14.5 Å². The van der Waals surface area contributed by atoms with E-state index in [1.54, 1.807) is 18.5 Å². The van der Waals surface area contributed by atoms with E-state index >= 15 is 0 Å². The van der Waals surface area contributed by atoms with Gasteiger partial charge in [0.25, 0.3) is 0 Å². The largest absolute Gasteiger partial charge is 0.381 e.